The third-order valence-corrected chi connectivity index (χ3v) is 6.25. The molecular formula is C22H32O4Si. The van der Waals surface area contributed by atoms with Crippen molar-refractivity contribution in [2.45, 2.75) is 52.4 Å². The number of Topliss-reactive ketones (excluding diaryl/α,β-unsaturated/α-hetero) is 1. The number of hydrogen-bond donors (Lipinski definition) is 0. The normalized spacial score (nSPS) is 22.2. The molecule has 2 rings (SSSR count). The first-order chi connectivity index (χ1) is 12.6. The molecule has 1 aliphatic rings. The summed E-state index contributed by atoms with van der Waals surface area (Å²) in [5, 5.41) is 0. The predicted octanol–water partition coefficient (Wildman–Crippen LogP) is 4.71. The highest BCUT2D eigenvalue weighted by Crippen LogP contribution is 2.45. The predicted molar refractivity (Wildman–Crippen MR) is 111 cm³/mol. The molecule has 27 heavy (non-hydrogen) atoms. The molecule has 0 amide bonds. The summed E-state index contributed by atoms with van der Waals surface area (Å²) >= 11 is 0. The molecule has 0 aliphatic heterocycles. The van der Waals surface area contributed by atoms with E-state index in [-0.39, 0.29) is 29.7 Å². The van der Waals surface area contributed by atoms with Gasteiger partial charge in [-0.1, -0.05) is 42.5 Å². The van der Waals surface area contributed by atoms with E-state index in [1.165, 1.54) is 7.11 Å². The molecule has 0 unspecified atom stereocenters. The van der Waals surface area contributed by atoms with Gasteiger partial charge in [-0.2, -0.15) is 0 Å². The van der Waals surface area contributed by atoms with E-state index >= 15 is 0 Å². The minimum absolute atomic E-state index is 0.0979. The van der Waals surface area contributed by atoms with Crippen molar-refractivity contribution in [3.63, 3.8) is 0 Å². The summed E-state index contributed by atoms with van der Waals surface area (Å²) in [5.41, 5.74) is 0.337. The van der Waals surface area contributed by atoms with Crippen molar-refractivity contribution >= 4 is 26.1 Å². The van der Waals surface area contributed by atoms with E-state index in [0.29, 0.717) is 12.8 Å². The average molecular weight is 389 g/mol. The number of carbonyl (C=O) groups excluding carboxylic acids is 2. The minimum atomic E-state index is -1.90. The maximum atomic E-state index is 12.8. The van der Waals surface area contributed by atoms with Crippen molar-refractivity contribution in [3.8, 4) is 0 Å². The van der Waals surface area contributed by atoms with E-state index in [2.05, 4.69) is 19.6 Å². The summed E-state index contributed by atoms with van der Waals surface area (Å²) in [5.74, 6) is -0.519. The first kappa shape index (κ1) is 21.6. The summed E-state index contributed by atoms with van der Waals surface area (Å²) in [6, 6.07) is 9.99. The number of rotatable bonds is 7. The monoisotopic (exact) mass is 388 g/mol. The molecule has 1 aromatic rings. The number of benzene rings is 1. The highest BCUT2D eigenvalue weighted by molar-refractivity contribution is 6.69. The first-order valence-corrected chi connectivity index (χ1v) is 13.0. The molecule has 0 N–H and O–H groups in total. The van der Waals surface area contributed by atoms with E-state index < -0.39 is 13.7 Å². The van der Waals surface area contributed by atoms with E-state index in [1.54, 1.807) is 0 Å². The van der Waals surface area contributed by atoms with Gasteiger partial charge in [0, 0.05) is 6.42 Å². The van der Waals surface area contributed by atoms with E-state index in [4.69, 9.17) is 9.16 Å². The van der Waals surface area contributed by atoms with Crippen LogP contribution in [0.3, 0.4) is 0 Å². The van der Waals surface area contributed by atoms with Crippen LogP contribution in [0.2, 0.25) is 19.6 Å². The smallest absolute Gasteiger partial charge is 0.311 e. The van der Waals surface area contributed by atoms with Crippen LogP contribution in [0, 0.1) is 17.3 Å². The fourth-order valence-corrected chi connectivity index (χ4v) is 4.96. The molecule has 1 aliphatic carbocycles. The zero-order valence-electron chi connectivity index (χ0n) is 17.3. The Balaban J connectivity index is 2.37. The van der Waals surface area contributed by atoms with Crippen LogP contribution in [0.15, 0.2) is 36.4 Å². The maximum absolute atomic E-state index is 12.8. The van der Waals surface area contributed by atoms with Crippen LogP contribution in [-0.4, -0.2) is 33.3 Å². The number of hydrogen-bond acceptors (Lipinski definition) is 4. The summed E-state index contributed by atoms with van der Waals surface area (Å²) in [7, 11) is -0.495. The number of methoxy groups -OCH3 is 1. The molecule has 3 atom stereocenters. The average Bonchev–Trinajstić information content (AvgIpc) is 3.00. The lowest BCUT2D eigenvalue weighted by Crippen LogP contribution is -2.44. The SMILES string of the molecule is COC(=O)C(C)(C)[C@H]1CCC(=O)[C@@H]1[C@@H](/C=C/c1ccccc1)O[Si](C)(C)C. The number of ether oxygens (including phenoxy) is 1. The third kappa shape index (κ3) is 5.39. The Labute approximate surface area is 164 Å². The van der Waals surface area contributed by atoms with E-state index in [1.807, 2.05) is 56.3 Å². The van der Waals surface area contributed by atoms with Gasteiger partial charge in [-0.3, -0.25) is 9.59 Å². The van der Waals surface area contributed by atoms with E-state index in [0.717, 1.165) is 5.56 Å². The summed E-state index contributed by atoms with van der Waals surface area (Å²) < 4.78 is 11.5. The van der Waals surface area contributed by atoms with Crippen molar-refractivity contribution in [2.75, 3.05) is 7.11 Å². The van der Waals surface area contributed by atoms with Crippen LogP contribution in [0.25, 0.3) is 6.08 Å². The topological polar surface area (TPSA) is 52.6 Å². The van der Waals surface area contributed by atoms with Crippen molar-refractivity contribution in [1.29, 1.82) is 0 Å². The Morgan fingerprint density at radius 1 is 1.22 bits per heavy atom. The molecule has 0 heterocycles. The van der Waals surface area contributed by atoms with Crippen molar-refractivity contribution in [2.24, 2.45) is 17.3 Å². The molecule has 4 nitrogen and oxygen atoms in total. The van der Waals surface area contributed by atoms with Crippen LogP contribution < -0.4 is 0 Å². The lowest BCUT2D eigenvalue weighted by molar-refractivity contribution is -0.155. The van der Waals surface area contributed by atoms with Crippen LogP contribution in [0.1, 0.15) is 32.3 Å². The van der Waals surface area contributed by atoms with Gasteiger partial charge in [-0.05, 0) is 51.4 Å². The molecule has 0 spiro atoms. The third-order valence-electron chi connectivity index (χ3n) is 5.27. The lowest BCUT2D eigenvalue weighted by atomic mass is 9.71. The van der Waals surface area contributed by atoms with E-state index in [9.17, 15) is 9.59 Å². The zero-order valence-corrected chi connectivity index (χ0v) is 18.3. The summed E-state index contributed by atoms with van der Waals surface area (Å²) in [6.45, 7) is 10.1. The van der Waals surface area contributed by atoms with Gasteiger partial charge in [-0.15, -0.1) is 0 Å². The number of esters is 1. The molecule has 0 aromatic heterocycles. The summed E-state index contributed by atoms with van der Waals surface area (Å²) in [6.07, 6.45) is 4.86. The quantitative estimate of drug-likeness (QED) is 0.501. The first-order valence-electron chi connectivity index (χ1n) is 9.58. The number of ketones is 1. The van der Waals surface area contributed by atoms with Crippen molar-refractivity contribution < 1.29 is 18.8 Å². The molecule has 1 aromatic carbocycles. The van der Waals surface area contributed by atoms with Gasteiger partial charge in [0.25, 0.3) is 0 Å². The second kappa shape index (κ2) is 8.53. The molecule has 0 bridgehead atoms. The fourth-order valence-electron chi connectivity index (χ4n) is 3.92. The molecule has 5 heteroatoms. The Morgan fingerprint density at radius 2 is 1.85 bits per heavy atom. The standard InChI is InChI=1S/C22H32O4Si/c1-22(2,21(24)25-3)17-13-14-18(23)20(17)19(26-27(4,5)6)15-12-16-10-8-7-9-11-16/h7-12,15,17,19-20H,13-14H2,1-6H3/b15-12+/t17-,19+,20+/m0/s1. The Kier molecular flexibility index (Phi) is 6.81. The van der Waals surface area contributed by atoms with Crippen LogP contribution in [0.5, 0.6) is 0 Å². The zero-order chi connectivity index (χ0) is 20.2. The Bertz CT molecular complexity index is 688. The largest absolute Gasteiger partial charge is 0.469 e. The van der Waals surface area contributed by atoms with Gasteiger partial charge in [0.15, 0.2) is 8.32 Å². The molecule has 0 radical (unpaired) electrons. The molecule has 148 valence electrons. The van der Waals surface area contributed by atoms with Crippen molar-refractivity contribution in [3.05, 3.63) is 42.0 Å². The second-order valence-electron chi connectivity index (χ2n) is 8.82. The van der Waals surface area contributed by atoms with Crippen molar-refractivity contribution in [1.82, 2.24) is 0 Å². The minimum Gasteiger partial charge on any atom is -0.469 e. The molecule has 1 saturated carbocycles. The summed E-state index contributed by atoms with van der Waals surface area (Å²) in [4.78, 5) is 25.2. The molecule has 0 saturated heterocycles. The van der Waals surface area contributed by atoms with Crippen LogP contribution in [-0.2, 0) is 18.8 Å². The molecular weight excluding hydrogens is 356 g/mol. The highest BCUT2D eigenvalue weighted by atomic mass is 28.4. The second-order valence-corrected chi connectivity index (χ2v) is 13.3. The fraction of sp³-hybridized carbons (Fsp3) is 0.545. The van der Waals surface area contributed by atoms with Gasteiger partial charge in [0.2, 0.25) is 0 Å². The molecule has 1 fully saturated rings. The van der Waals surface area contributed by atoms with Gasteiger partial charge < -0.3 is 9.16 Å². The van der Waals surface area contributed by atoms with Gasteiger partial charge in [0.05, 0.1) is 24.5 Å². The van der Waals surface area contributed by atoms with Crippen LogP contribution in [0.4, 0.5) is 0 Å². The number of carbonyl (C=O) groups is 2. The van der Waals surface area contributed by atoms with Gasteiger partial charge in [-0.25, -0.2) is 0 Å². The highest BCUT2D eigenvalue weighted by Gasteiger charge is 2.51. The lowest BCUT2D eigenvalue weighted by Gasteiger charge is -2.37. The van der Waals surface area contributed by atoms with Gasteiger partial charge >= 0.3 is 5.97 Å². The van der Waals surface area contributed by atoms with Gasteiger partial charge in [0.1, 0.15) is 5.78 Å². The maximum Gasteiger partial charge on any atom is 0.311 e. The Hall–Kier alpha value is -1.72. The van der Waals surface area contributed by atoms with Crippen LogP contribution >= 0.6 is 0 Å². The Morgan fingerprint density at radius 3 is 2.41 bits per heavy atom.